The van der Waals surface area contributed by atoms with Gasteiger partial charge in [-0.25, -0.2) is 0 Å². The van der Waals surface area contributed by atoms with Crippen LogP contribution in [0.3, 0.4) is 0 Å². The van der Waals surface area contributed by atoms with Crippen LogP contribution in [0.2, 0.25) is 0 Å². The molecule has 0 spiro atoms. The Hall–Kier alpha value is 2.06. The summed E-state index contributed by atoms with van der Waals surface area (Å²) in [7, 11) is -2.90. The summed E-state index contributed by atoms with van der Waals surface area (Å²) in [5.74, 6) is 0. The van der Waals surface area contributed by atoms with Gasteiger partial charge in [0, 0.05) is 0 Å². The first-order valence-corrected chi connectivity index (χ1v) is 1.86. The van der Waals surface area contributed by atoms with E-state index in [0.29, 0.717) is 0 Å². The SMILES string of the molecule is [Al+3].[Ca+2].[O-]OP([O-])O. The molecule has 0 aromatic heterocycles. The molecule has 0 rings (SSSR count). The van der Waals surface area contributed by atoms with Crippen LogP contribution in [0.25, 0.3) is 0 Å². The smallest absolute Gasteiger partial charge is 0.787 e. The minimum Gasteiger partial charge on any atom is -0.787 e. The first kappa shape index (κ1) is 16.0. The van der Waals surface area contributed by atoms with Gasteiger partial charge in [-0.15, -0.1) is 0 Å². The molecule has 32 valence electrons. The average molecular weight is 163 g/mol. The van der Waals surface area contributed by atoms with E-state index in [1.807, 2.05) is 0 Å². The minimum absolute atomic E-state index is 0. The van der Waals surface area contributed by atoms with Gasteiger partial charge in [-0.1, -0.05) is 0 Å². The quantitative estimate of drug-likeness (QED) is 0.195. The molecular weight excluding hydrogens is 162 g/mol. The second-order valence-electron chi connectivity index (χ2n) is 0.312. The number of rotatable bonds is 1. The second kappa shape index (κ2) is 10.9. The van der Waals surface area contributed by atoms with Crippen LogP contribution in [0.5, 0.6) is 0 Å². The van der Waals surface area contributed by atoms with Crippen LogP contribution in [-0.2, 0) is 4.67 Å². The molecule has 0 saturated carbocycles. The molecule has 1 atom stereocenters. The molecule has 0 aromatic rings. The average Bonchev–Trinajstić information content (AvgIpc) is 1.38. The molecule has 0 aliphatic rings. The van der Waals surface area contributed by atoms with Crippen molar-refractivity contribution in [1.82, 2.24) is 0 Å². The molecule has 0 bridgehead atoms. The van der Waals surface area contributed by atoms with Crippen LogP contribution < -0.4 is 10.2 Å². The number of hydrogen-bond donors (Lipinski definition) is 1. The zero-order valence-electron chi connectivity index (χ0n) is 3.40. The van der Waals surface area contributed by atoms with Crippen LogP contribution >= 0.6 is 8.60 Å². The van der Waals surface area contributed by atoms with Gasteiger partial charge in [0.05, 0.1) is 8.60 Å². The van der Waals surface area contributed by atoms with Gasteiger partial charge in [-0.05, 0) is 0 Å². The Kier molecular flexibility index (Phi) is 25.1. The van der Waals surface area contributed by atoms with E-state index in [9.17, 15) is 0 Å². The van der Waals surface area contributed by atoms with Crippen molar-refractivity contribution in [3.8, 4) is 0 Å². The molecule has 0 heterocycles. The van der Waals surface area contributed by atoms with Crippen molar-refractivity contribution in [2.45, 2.75) is 0 Å². The number of hydrogen-bond acceptors (Lipinski definition) is 4. The summed E-state index contributed by atoms with van der Waals surface area (Å²) in [5.41, 5.74) is 0. The van der Waals surface area contributed by atoms with Gasteiger partial charge in [0.15, 0.2) is 0 Å². The van der Waals surface area contributed by atoms with E-state index in [2.05, 4.69) is 4.67 Å². The van der Waals surface area contributed by atoms with Gasteiger partial charge in [0.25, 0.3) is 0 Å². The van der Waals surface area contributed by atoms with Crippen LogP contribution in [-0.4, -0.2) is 60.0 Å². The molecule has 0 aliphatic carbocycles. The van der Waals surface area contributed by atoms with Gasteiger partial charge in [0.1, 0.15) is 0 Å². The third-order valence-corrected chi connectivity index (χ3v) is 0.191. The zero-order valence-corrected chi connectivity index (χ0v) is 7.66. The molecule has 0 aliphatic heterocycles. The van der Waals surface area contributed by atoms with E-state index >= 15 is 0 Å². The Morgan fingerprint density at radius 1 is 1.57 bits per heavy atom. The molecule has 4 nitrogen and oxygen atoms in total. The van der Waals surface area contributed by atoms with Crippen LogP contribution in [0.1, 0.15) is 0 Å². The van der Waals surface area contributed by atoms with Gasteiger partial charge in [-0.2, -0.15) is 0 Å². The zero-order chi connectivity index (χ0) is 4.28. The van der Waals surface area contributed by atoms with Gasteiger partial charge in [-0.3, -0.25) is 0 Å². The van der Waals surface area contributed by atoms with Gasteiger partial charge >= 0.3 is 55.1 Å². The van der Waals surface area contributed by atoms with Crippen molar-refractivity contribution in [2.75, 3.05) is 0 Å². The Labute approximate surface area is 82.5 Å². The van der Waals surface area contributed by atoms with E-state index < -0.39 is 8.60 Å². The third-order valence-electron chi connectivity index (χ3n) is 0.0638. The molecule has 1 unspecified atom stereocenters. The molecule has 7 heteroatoms. The maximum Gasteiger partial charge on any atom is 3.00 e. The fourth-order valence-corrected chi connectivity index (χ4v) is 0. The van der Waals surface area contributed by atoms with Crippen molar-refractivity contribution in [3.05, 3.63) is 0 Å². The summed E-state index contributed by atoms with van der Waals surface area (Å²) in [6.45, 7) is 0. The van der Waals surface area contributed by atoms with E-state index in [1.165, 1.54) is 0 Å². The van der Waals surface area contributed by atoms with Crippen molar-refractivity contribution in [3.63, 3.8) is 0 Å². The largest absolute Gasteiger partial charge is 3.00 e. The van der Waals surface area contributed by atoms with Crippen molar-refractivity contribution in [1.29, 1.82) is 0 Å². The first-order chi connectivity index (χ1) is 2.27. The molecule has 0 amide bonds. The molecule has 0 fully saturated rings. The topological polar surface area (TPSA) is 75.6 Å². The van der Waals surface area contributed by atoms with Crippen molar-refractivity contribution in [2.24, 2.45) is 0 Å². The molecule has 7 heavy (non-hydrogen) atoms. The maximum absolute atomic E-state index is 8.98. The first-order valence-electron chi connectivity index (χ1n) is 0.732. The fourth-order valence-electron chi connectivity index (χ4n) is 0. The third kappa shape index (κ3) is 18.0. The van der Waals surface area contributed by atoms with Gasteiger partial charge < -0.3 is 19.7 Å². The summed E-state index contributed by atoms with van der Waals surface area (Å²) in [6, 6.07) is 0. The van der Waals surface area contributed by atoms with Crippen LogP contribution in [0.4, 0.5) is 0 Å². The normalized spacial score (nSPS) is 10.7. The minimum atomic E-state index is -2.90. The summed E-state index contributed by atoms with van der Waals surface area (Å²) in [6.07, 6.45) is 0. The maximum atomic E-state index is 8.98. The van der Waals surface area contributed by atoms with Crippen LogP contribution in [0, 0.1) is 0 Å². The summed E-state index contributed by atoms with van der Waals surface area (Å²) in [5, 5.41) is 8.60. The monoisotopic (exact) mass is 163 g/mol. The van der Waals surface area contributed by atoms with Crippen molar-refractivity contribution >= 4 is 63.7 Å². The molecular formula is HAlCaO4P+3. The Bertz CT molecular complexity index is 25.7. The summed E-state index contributed by atoms with van der Waals surface area (Å²) >= 11 is 0. The molecule has 0 aromatic carbocycles. The second-order valence-corrected chi connectivity index (χ2v) is 0.937. The van der Waals surface area contributed by atoms with Crippen molar-refractivity contribution < 1.29 is 19.7 Å². The molecule has 0 radical (unpaired) electrons. The van der Waals surface area contributed by atoms with E-state index in [-0.39, 0.29) is 55.1 Å². The predicted octanol–water partition coefficient (Wildman–Crippen LogP) is -2.90. The van der Waals surface area contributed by atoms with Crippen LogP contribution in [0.15, 0.2) is 0 Å². The van der Waals surface area contributed by atoms with Gasteiger partial charge in [0.2, 0.25) is 0 Å². The van der Waals surface area contributed by atoms with E-state index in [1.54, 1.807) is 0 Å². The predicted molar refractivity (Wildman–Crippen MR) is 21.7 cm³/mol. The summed E-state index contributed by atoms with van der Waals surface area (Å²) in [4.78, 5) is 16.3. The standard InChI is InChI=1S/Al.Ca.H2O4P/c;;1-4-5(2)3/h;;1-2H/q+3;+2;-1/p-1. The molecule has 0 saturated heterocycles. The molecule has 1 N–H and O–H groups in total. The Morgan fingerprint density at radius 3 is 1.71 bits per heavy atom. The fraction of sp³-hybridized carbons (Fsp3) is 0. The summed E-state index contributed by atoms with van der Waals surface area (Å²) < 4.78 is 2.56. The van der Waals surface area contributed by atoms with E-state index in [4.69, 9.17) is 15.0 Å². The van der Waals surface area contributed by atoms with E-state index in [0.717, 1.165) is 0 Å². The Morgan fingerprint density at radius 2 is 1.71 bits per heavy atom. The Balaban J connectivity index is -0.0000000800.